The number of aromatic nitrogens is 1. The number of fused-ring (bicyclic) bond motifs is 1. The summed E-state index contributed by atoms with van der Waals surface area (Å²) in [7, 11) is 0. The van der Waals surface area contributed by atoms with Gasteiger partial charge in [-0.15, -0.1) is 0 Å². The molecule has 20 heavy (non-hydrogen) atoms. The van der Waals surface area contributed by atoms with Crippen molar-refractivity contribution in [1.29, 1.82) is 0 Å². The molecule has 0 atom stereocenters. The quantitative estimate of drug-likeness (QED) is 0.762. The van der Waals surface area contributed by atoms with E-state index in [0.717, 1.165) is 27.8 Å². The number of carboxylic acid groups (broad SMARTS) is 1. The van der Waals surface area contributed by atoms with E-state index in [9.17, 15) is 9.90 Å². The summed E-state index contributed by atoms with van der Waals surface area (Å²) < 4.78 is 2.01. The van der Waals surface area contributed by atoms with Gasteiger partial charge in [0.25, 0.3) is 0 Å². The molecule has 0 saturated carbocycles. The summed E-state index contributed by atoms with van der Waals surface area (Å²) in [6, 6.07) is 15.9. The van der Waals surface area contributed by atoms with Crippen molar-refractivity contribution in [3.63, 3.8) is 0 Å². The molecule has 0 aliphatic rings. The second kappa shape index (κ2) is 4.53. The largest absolute Gasteiger partial charge is 0.478 e. The van der Waals surface area contributed by atoms with Crippen molar-refractivity contribution in [3.8, 4) is 5.69 Å². The summed E-state index contributed by atoms with van der Waals surface area (Å²) in [5.74, 6) is -0.885. The van der Waals surface area contributed by atoms with Crippen LogP contribution in [0.3, 0.4) is 0 Å². The molecule has 0 fully saturated rings. The van der Waals surface area contributed by atoms with E-state index in [0.29, 0.717) is 5.56 Å². The number of aryl methyl sites for hydroxylation is 1. The summed E-state index contributed by atoms with van der Waals surface area (Å²) in [5, 5.41) is 11.5. The van der Waals surface area contributed by atoms with Crippen molar-refractivity contribution in [2.24, 2.45) is 0 Å². The highest BCUT2D eigenvalue weighted by molar-refractivity contribution is 5.92. The zero-order chi connectivity index (χ0) is 14.3. The van der Waals surface area contributed by atoms with Gasteiger partial charge in [-0.2, -0.15) is 0 Å². The van der Waals surface area contributed by atoms with E-state index in [1.54, 1.807) is 6.07 Å². The van der Waals surface area contributed by atoms with Crippen LogP contribution in [0.25, 0.3) is 16.5 Å². The SMILES string of the molecule is Cc1cc(C(=O)O)c(C)n1-c1cccc2ccccc12. The zero-order valence-electron chi connectivity index (χ0n) is 11.4. The third-order valence-corrected chi connectivity index (χ3v) is 3.67. The van der Waals surface area contributed by atoms with Gasteiger partial charge in [-0.05, 0) is 31.4 Å². The van der Waals surface area contributed by atoms with E-state index in [-0.39, 0.29) is 0 Å². The molecule has 3 heteroatoms. The molecule has 3 nitrogen and oxygen atoms in total. The molecular formula is C17H15NO2. The molecule has 3 rings (SSSR count). The van der Waals surface area contributed by atoms with E-state index in [1.807, 2.05) is 42.7 Å². The summed E-state index contributed by atoms with van der Waals surface area (Å²) in [4.78, 5) is 11.3. The summed E-state index contributed by atoms with van der Waals surface area (Å²) >= 11 is 0. The Kier molecular flexibility index (Phi) is 2.83. The molecule has 3 aromatic rings. The first kappa shape index (κ1) is 12.5. The molecule has 0 spiro atoms. The maximum absolute atomic E-state index is 11.3. The number of carbonyl (C=O) groups is 1. The summed E-state index contributed by atoms with van der Waals surface area (Å²) in [6.07, 6.45) is 0. The average molecular weight is 265 g/mol. The Morgan fingerprint density at radius 3 is 2.45 bits per heavy atom. The molecule has 0 bridgehead atoms. The second-order valence-corrected chi connectivity index (χ2v) is 4.92. The van der Waals surface area contributed by atoms with Crippen LogP contribution in [-0.4, -0.2) is 15.6 Å². The fourth-order valence-corrected chi connectivity index (χ4v) is 2.75. The molecule has 0 amide bonds. The molecule has 0 radical (unpaired) electrons. The lowest BCUT2D eigenvalue weighted by molar-refractivity contribution is 0.0696. The van der Waals surface area contributed by atoms with Crippen molar-refractivity contribution in [2.75, 3.05) is 0 Å². The van der Waals surface area contributed by atoms with Crippen LogP contribution >= 0.6 is 0 Å². The average Bonchev–Trinajstić information content (AvgIpc) is 2.74. The van der Waals surface area contributed by atoms with Crippen LogP contribution in [0.1, 0.15) is 21.7 Å². The smallest absolute Gasteiger partial charge is 0.337 e. The summed E-state index contributed by atoms with van der Waals surface area (Å²) in [6.45, 7) is 3.78. The third kappa shape index (κ3) is 1.79. The van der Waals surface area contributed by atoms with Crippen molar-refractivity contribution in [3.05, 3.63) is 65.5 Å². The van der Waals surface area contributed by atoms with Crippen molar-refractivity contribution in [1.82, 2.24) is 4.57 Å². The number of benzene rings is 2. The molecule has 1 N–H and O–H groups in total. The first-order chi connectivity index (χ1) is 9.59. The maximum atomic E-state index is 11.3. The molecule has 0 aliphatic heterocycles. The number of carboxylic acids is 1. The van der Waals surface area contributed by atoms with Crippen LogP contribution in [0, 0.1) is 13.8 Å². The molecule has 100 valence electrons. The second-order valence-electron chi connectivity index (χ2n) is 4.92. The van der Waals surface area contributed by atoms with Crippen LogP contribution < -0.4 is 0 Å². The Balaban J connectivity index is 2.34. The predicted molar refractivity (Wildman–Crippen MR) is 79.7 cm³/mol. The molecule has 2 aromatic carbocycles. The fraction of sp³-hybridized carbons (Fsp3) is 0.118. The number of rotatable bonds is 2. The van der Waals surface area contributed by atoms with E-state index in [4.69, 9.17) is 0 Å². The molecule has 1 heterocycles. The first-order valence-corrected chi connectivity index (χ1v) is 6.50. The van der Waals surface area contributed by atoms with Gasteiger partial charge < -0.3 is 9.67 Å². The van der Waals surface area contributed by atoms with Crippen LogP contribution in [0.15, 0.2) is 48.5 Å². The van der Waals surface area contributed by atoms with Crippen molar-refractivity contribution < 1.29 is 9.90 Å². The molecule has 0 saturated heterocycles. The van der Waals surface area contributed by atoms with Gasteiger partial charge in [0, 0.05) is 16.8 Å². The lowest BCUT2D eigenvalue weighted by atomic mass is 10.1. The van der Waals surface area contributed by atoms with Crippen LogP contribution in [0.2, 0.25) is 0 Å². The minimum absolute atomic E-state index is 0.357. The normalized spacial score (nSPS) is 10.9. The highest BCUT2D eigenvalue weighted by Crippen LogP contribution is 2.27. The van der Waals surface area contributed by atoms with E-state index >= 15 is 0 Å². The predicted octanol–water partition coefficient (Wildman–Crippen LogP) is 3.95. The molecule has 0 unspecified atom stereocenters. The van der Waals surface area contributed by atoms with Crippen molar-refractivity contribution in [2.45, 2.75) is 13.8 Å². The van der Waals surface area contributed by atoms with Gasteiger partial charge in [-0.3, -0.25) is 0 Å². The third-order valence-electron chi connectivity index (χ3n) is 3.67. The highest BCUT2D eigenvalue weighted by Gasteiger charge is 2.16. The maximum Gasteiger partial charge on any atom is 0.337 e. The van der Waals surface area contributed by atoms with Gasteiger partial charge >= 0.3 is 5.97 Å². The van der Waals surface area contributed by atoms with Crippen LogP contribution in [-0.2, 0) is 0 Å². The van der Waals surface area contributed by atoms with Gasteiger partial charge in [0.05, 0.1) is 11.3 Å². The van der Waals surface area contributed by atoms with Crippen LogP contribution in [0.5, 0.6) is 0 Å². The van der Waals surface area contributed by atoms with E-state index in [1.165, 1.54) is 0 Å². The zero-order valence-corrected chi connectivity index (χ0v) is 11.4. The van der Waals surface area contributed by atoms with E-state index in [2.05, 4.69) is 18.2 Å². The Morgan fingerprint density at radius 2 is 1.75 bits per heavy atom. The number of aromatic carboxylic acids is 1. The molecular weight excluding hydrogens is 250 g/mol. The highest BCUT2D eigenvalue weighted by atomic mass is 16.4. The Morgan fingerprint density at radius 1 is 1.05 bits per heavy atom. The minimum Gasteiger partial charge on any atom is -0.478 e. The lowest BCUT2D eigenvalue weighted by Gasteiger charge is -2.12. The van der Waals surface area contributed by atoms with Gasteiger partial charge in [-0.1, -0.05) is 36.4 Å². The topological polar surface area (TPSA) is 42.2 Å². The Bertz CT molecular complexity index is 810. The fourth-order valence-electron chi connectivity index (χ4n) is 2.75. The standard InChI is InChI=1S/C17H15NO2/c1-11-10-15(17(19)20)12(2)18(11)16-9-5-7-13-6-3-4-8-14(13)16/h3-10H,1-2H3,(H,19,20). The van der Waals surface area contributed by atoms with Crippen molar-refractivity contribution >= 4 is 16.7 Å². The molecule has 0 aliphatic carbocycles. The Hall–Kier alpha value is -2.55. The number of hydrogen-bond acceptors (Lipinski definition) is 1. The first-order valence-electron chi connectivity index (χ1n) is 6.50. The van der Waals surface area contributed by atoms with Crippen LogP contribution in [0.4, 0.5) is 0 Å². The van der Waals surface area contributed by atoms with E-state index < -0.39 is 5.97 Å². The number of hydrogen-bond donors (Lipinski definition) is 1. The van der Waals surface area contributed by atoms with Gasteiger partial charge in [0.15, 0.2) is 0 Å². The van der Waals surface area contributed by atoms with Gasteiger partial charge in [0.2, 0.25) is 0 Å². The Labute approximate surface area is 117 Å². The number of nitrogens with zero attached hydrogens (tertiary/aromatic N) is 1. The van der Waals surface area contributed by atoms with Gasteiger partial charge in [-0.25, -0.2) is 4.79 Å². The minimum atomic E-state index is -0.885. The van der Waals surface area contributed by atoms with Gasteiger partial charge in [0.1, 0.15) is 0 Å². The lowest BCUT2D eigenvalue weighted by Crippen LogP contribution is -2.03. The monoisotopic (exact) mass is 265 g/mol. The molecule has 1 aromatic heterocycles. The summed E-state index contributed by atoms with van der Waals surface area (Å²) in [5.41, 5.74) is 3.06.